The quantitative estimate of drug-likeness (QED) is 0.593. The Morgan fingerprint density at radius 3 is 2.47 bits per heavy atom. The molecule has 1 fully saturated rings. The second-order valence-corrected chi connectivity index (χ2v) is 10.9. The first kappa shape index (κ1) is 22.5. The molecule has 2 aromatic heterocycles. The van der Waals surface area contributed by atoms with Crippen LogP contribution in [0.3, 0.4) is 0 Å². The summed E-state index contributed by atoms with van der Waals surface area (Å²) >= 11 is 1.33. The lowest BCUT2D eigenvalue weighted by Crippen LogP contribution is -2.35. The van der Waals surface area contributed by atoms with E-state index < -0.39 is 10.0 Å². The molecule has 0 atom stereocenters. The number of sulfonamides is 1. The fraction of sp³-hybridized carbons (Fsp3) is 0.391. The largest absolute Gasteiger partial charge is 0.345 e. The van der Waals surface area contributed by atoms with Gasteiger partial charge in [-0.25, -0.2) is 13.4 Å². The number of aryl methyl sites for hydroxylation is 2. The average molecular weight is 473 g/mol. The van der Waals surface area contributed by atoms with Crippen LogP contribution in [0.15, 0.2) is 35.2 Å². The molecule has 0 spiro atoms. The lowest BCUT2D eigenvalue weighted by atomic mass is 10.1. The van der Waals surface area contributed by atoms with Crippen molar-refractivity contribution in [1.29, 1.82) is 0 Å². The number of likely N-dealkylation sites (tertiary alicyclic amines) is 1. The zero-order valence-electron chi connectivity index (χ0n) is 18.8. The lowest BCUT2D eigenvalue weighted by molar-refractivity contribution is 0.0728. The third-order valence-electron chi connectivity index (χ3n) is 6.02. The number of carbonyl (C=O) groups excluding carboxylic acids is 1. The SMILES string of the molecule is Cc1ccccc1NS(=O)(=O)c1cc(-c2nc(C)c(C(=O)N3CCCCC3)s2)n(C)c1C. The van der Waals surface area contributed by atoms with Gasteiger partial charge in [0, 0.05) is 25.8 Å². The predicted octanol–water partition coefficient (Wildman–Crippen LogP) is 4.50. The van der Waals surface area contributed by atoms with E-state index in [-0.39, 0.29) is 10.8 Å². The minimum atomic E-state index is -3.78. The molecule has 4 rings (SSSR count). The number of anilines is 1. The molecule has 0 aliphatic carbocycles. The topological polar surface area (TPSA) is 84.3 Å². The van der Waals surface area contributed by atoms with E-state index in [1.165, 1.54) is 11.3 Å². The van der Waals surface area contributed by atoms with Gasteiger partial charge in [0.25, 0.3) is 15.9 Å². The first-order valence-corrected chi connectivity index (χ1v) is 13.0. The van der Waals surface area contributed by atoms with Gasteiger partial charge in [-0.3, -0.25) is 9.52 Å². The number of para-hydroxylation sites is 1. The van der Waals surface area contributed by atoms with Gasteiger partial charge in [-0.15, -0.1) is 11.3 Å². The molecule has 0 radical (unpaired) electrons. The third-order valence-corrected chi connectivity index (χ3v) is 8.67. The summed E-state index contributed by atoms with van der Waals surface area (Å²) in [7, 11) is -1.96. The van der Waals surface area contributed by atoms with Crippen molar-refractivity contribution in [3.05, 3.63) is 52.2 Å². The number of carbonyl (C=O) groups is 1. The summed E-state index contributed by atoms with van der Waals surface area (Å²) in [6.45, 7) is 7.03. The molecule has 1 saturated heterocycles. The van der Waals surface area contributed by atoms with E-state index in [0.717, 1.165) is 37.9 Å². The van der Waals surface area contributed by atoms with Crippen LogP contribution in [0, 0.1) is 20.8 Å². The molecule has 0 saturated carbocycles. The minimum absolute atomic E-state index is 0.0194. The Hall–Kier alpha value is -2.65. The fourth-order valence-corrected chi connectivity index (χ4v) is 6.49. The van der Waals surface area contributed by atoms with Crippen LogP contribution in [0.4, 0.5) is 5.69 Å². The first-order valence-electron chi connectivity index (χ1n) is 10.7. The molecule has 1 N–H and O–H groups in total. The van der Waals surface area contributed by atoms with Gasteiger partial charge in [-0.2, -0.15) is 0 Å². The van der Waals surface area contributed by atoms with Crippen molar-refractivity contribution in [1.82, 2.24) is 14.5 Å². The number of aromatic nitrogens is 2. The summed E-state index contributed by atoms with van der Waals surface area (Å²) in [4.78, 5) is 20.4. The molecular formula is C23H28N4O3S2. The van der Waals surface area contributed by atoms with Crippen molar-refractivity contribution in [3.63, 3.8) is 0 Å². The molecule has 7 nitrogen and oxygen atoms in total. The number of hydrogen-bond donors (Lipinski definition) is 1. The van der Waals surface area contributed by atoms with Crippen molar-refractivity contribution in [2.75, 3.05) is 17.8 Å². The van der Waals surface area contributed by atoms with Gasteiger partial charge < -0.3 is 9.47 Å². The highest BCUT2D eigenvalue weighted by Crippen LogP contribution is 2.34. The Kier molecular flexibility index (Phi) is 6.13. The number of rotatable bonds is 5. The van der Waals surface area contributed by atoms with E-state index in [2.05, 4.69) is 9.71 Å². The maximum absolute atomic E-state index is 13.2. The standard InChI is InChI=1S/C23H28N4O3S2/c1-15-10-6-7-11-18(15)25-32(29,30)20-14-19(26(4)17(20)3)22-24-16(2)21(31-22)23(28)27-12-8-5-9-13-27/h6-7,10-11,14,25H,5,8-9,12-13H2,1-4H3. The van der Waals surface area contributed by atoms with E-state index in [0.29, 0.717) is 32.7 Å². The predicted molar refractivity (Wildman–Crippen MR) is 128 cm³/mol. The van der Waals surface area contributed by atoms with Gasteiger partial charge in [-0.05, 0) is 57.7 Å². The van der Waals surface area contributed by atoms with Gasteiger partial charge in [-0.1, -0.05) is 18.2 Å². The van der Waals surface area contributed by atoms with Crippen molar-refractivity contribution >= 4 is 33.0 Å². The molecule has 1 aromatic carbocycles. The Bertz CT molecular complexity index is 1270. The van der Waals surface area contributed by atoms with Gasteiger partial charge in [0.05, 0.1) is 17.1 Å². The van der Waals surface area contributed by atoms with Crippen LogP contribution in [0.25, 0.3) is 10.7 Å². The minimum Gasteiger partial charge on any atom is -0.345 e. The Morgan fingerprint density at radius 2 is 1.78 bits per heavy atom. The van der Waals surface area contributed by atoms with Crippen LogP contribution in [0.5, 0.6) is 0 Å². The summed E-state index contributed by atoms with van der Waals surface area (Å²) in [5.41, 5.74) is 3.37. The Labute approximate surface area is 193 Å². The van der Waals surface area contributed by atoms with E-state index in [1.54, 1.807) is 25.1 Å². The summed E-state index contributed by atoms with van der Waals surface area (Å²) in [6, 6.07) is 8.92. The van der Waals surface area contributed by atoms with E-state index in [1.807, 2.05) is 42.5 Å². The van der Waals surface area contributed by atoms with Crippen LogP contribution < -0.4 is 4.72 Å². The van der Waals surface area contributed by atoms with Crippen molar-refractivity contribution in [3.8, 4) is 10.7 Å². The molecule has 32 heavy (non-hydrogen) atoms. The number of piperidine rings is 1. The maximum Gasteiger partial charge on any atom is 0.265 e. The average Bonchev–Trinajstić information content (AvgIpc) is 3.30. The van der Waals surface area contributed by atoms with Crippen LogP contribution in [0.1, 0.15) is 45.9 Å². The molecule has 1 amide bonds. The monoisotopic (exact) mass is 472 g/mol. The molecular weight excluding hydrogens is 444 g/mol. The highest BCUT2D eigenvalue weighted by atomic mass is 32.2. The summed E-state index contributed by atoms with van der Waals surface area (Å²) in [5, 5.41) is 0.644. The second-order valence-electron chi connectivity index (χ2n) is 8.25. The number of benzene rings is 1. The zero-order chi connectivity index (χ0) is 23.0. The number of nitrogens with zero attached hydrogens (tertiary/aromatic N) is 3. The highest BCUT2D eigenvalue weighted by Gasteiger charge is 2.27. The summed E-state index contributed by atoms with van der Waals surface area (Å²) < 4.78 is 30.8. The molecule has 0 bridgehead atoms. The number of hydrogen-bond acceptors (Lipinski definition) is 5. The molecule has 0 unspecified atom stereocenters. The van der Waals surface area contributed by atoms with Gasteiger partial charge >= 0.3 is 0 Å². The van der Waals surface area contributed by atoms with Gasteiger partial charge in [0.1, 0.15) is 14.8 Å². The maximum atomic E-state index is 13.2. The number of nitrogens with one attached hydrogen (secondary N) is 1. The van der Waals surface area contributed by atoms with E-state index >= 15 is 0 Å². The van der Waals surface area contributed by atoms with E-state index in [4.69, 9.17) is 0 Å². The molecule has 9 heteroatoms. The smallest absolute Gasteiger partial charge is 0.265 e. The Morgan fingerprint density at radius 1 is 1.09 bits per heavy atom. The van der Waals surface area contributed by atoms with Crippen LogP contribution in [-0.2, 0) is 17.1 Å². The third kappa shape index (κ3) is 4.19. The van der Waals surface area contributed by atoms with Crippen LogP contribution in [0.2, 0.25) is 0 Å². The summed E-state index contributed by atoms with van der Waals surface area (Å²) in [5.74, 6) is 0.0194. The number of amides is 1. The van der Waals surface area contributed by atoms with E-state index in [9.17, 15) is 13.2 Å². The molecule has 1 aliphatic rings. The molecule has 170 valence electrons. The number of thiazole rings is 1. The van der Waals surface area contributed by atoms with Gasteiger partial charge in [0.2, 0.25) is 0 Å². The van der Waals surface area contributed by atoms with Gasteiger partial charge in [0.15, 0.2) is 0 Å². The molecule has 3 aromatic rings. The first-order chi connectivity index (χ1) is 15.2. The normalized spacial score (nSPS) is 14.6. The zero-order valence-corrected chi connectivity index (χ0v) is 20.4. The van der Waals surface area contributed by atoms with Crippen molar-refractivity contribution < 1.29 is 13.2 Å². The van der Waals surface area contributed by atoms with Crippen LogP contribution >= 0.6 is 11.3 Å². The van der Waals surface area contributed by atoms with Crippen molar-refractivity contribution in [2.24, 2.45) is 7.05 Å². The molecule has 1 aliphatic heterocycles. The lowest BCUT2D eigenvalue weighted by Gasteiger charge is -2.26. The Balaban J connectivity index is 1.67. The second kappa shape index (κ2) is 8.71. The van der Waals surface area contributed by atoms with Crippen molar-refractivity contribution in [2.45, 2.75) is 44.9 Å². The highest BCUT2D eigenvalue weighted by molar-refractivity contribution is 7.92. The fourth-order valence-electron chi connectivity index (χ4n) is 3.98. The summed E-state index contributed by atoms with van der Waals surface area (Å²) in [6.07, 6.45) is 3.22. The van der Waals surface area contributed by atoms with Crippen LogP contribution in [-0.4, -0.2) is 41.9 Å². The molecule has 3 heterocycles.